The lowest BCUT2D eigenvalue weighted by Gasteiger charge is -2.12. The predicted molar refractivity (Wildman–Crippen MR) is 108 cm³/mol. The first-order chi connectivity index (χ1) is 12.1. The van der Waals surface area contributed by atoms with Crippen LogP contribution in [0.1, 0.15) is 18.1 Å². The zero-order chi connectivity index (χ0) is 17.9. The van der Waals surface area contributed by atoms with Crippen LogP contribution < -0.4 is 5.32 Å². The van der Waals surface area contributed by atoms with Gasteiger partial charge in [-0.15, -0.1) is 12.4 Å². The SMILES string of the molecule is CCc1c(CNC)cn(S(=O)(=O)c2ccccc2)c1-c1ccccc1.Cl. The minimum Gasteiger partial charge on any atom is -0.316 e. The smallest absolute Gasteiger partial charge is 0.268 e. The molecule has 0 saturated carbocycles. The van der Waals surface area contributed by atoms with Gasteiger partial charge in [-0.3, -0.25) is 0 Å². The Morgan fingerprint density at radius 3 is 2.08 bits per heavy atom. The van der Waals surface area contributed by atoms with E-state index < -0.39 is 10.0 Å². The summed E-state index contributed by atoms with van der Waals surface area (Å²) < 4.78 is 27.9. The molecule has 0 aliphatic carbocycles. The molecule has 0 unspecified atom stereocenters. The maximum Gasteiger partial charge on any atom is 0.268 e. The van der Waals surface area contributed by atoms with E-state index in [4.69, 9.17) is 0 Å². The van der Waals surface area contributed by atoms with Crippen molar-refractivity contribution in [3.63, 3.8) is 0 Å². The number of rotatable bonds is 6. The molecule has 0 bridgehead atoms. The molecule has 0 fully saturated rings. The second kappa shape index (κ2) is 8.54. The summed E-state index contributed by atoms with van der Waals surface area (Å²) in [5.41, 5.74) is 3.71. The maximum absolute atomic E-state index is 13.3. The van der Waals surface area contributed by atoms with Gasteiger partial charge in [0.1, 0.15) is 0 Å². The Bertz CT molecular complexity index is 952. The second-order valence-corrected chi connectivity index (χ2v) is 7.66. The van der Waals surface area contributed by atoms with E-state index in [1.807, 2.05) is 43.4 Å². The predicted octanol–water partition coefficient (Wildman–Crippen LogP) is 4.10. The van der Waals surface area contributed by atoms with Crippen LogP contribution in [0, 0.1) is 0 Å². The average molecular weight is 391 g/mol. The van der Waals surface area contributed by atoms with Crippen LogP contribution in [0.25, 0.3) is 11.3 Å². The molecular weight excluding hydrogens is 368 g/mol. The second-order valence-electron chi connectivity index (χ2n) is 5.85. The topological polar surface area (TPSA) is 51.1 Å². The zero-order valence-corrected chi connectivity index (χ0v) is 16.5. The molecule has 0 amide bonds. The van der Waals surface area contributed by atoms with Gasteiger partial charge in [0.2, 0.25) is 0 Å². The Labute approximate surface area is 161 Å². The van der Waals surface area contributed by atoms with Crippen LogP contribution in [0.3, 0.4) is 0 Å². The quantitative estimate of drug-likeness (QED) is 0.689. The van der Waals surface area contributed by atoms with Crippen molar-refractivity contribution in [3.8, 4) is 11.3 Å². The van der Waals surface area contributed by atoms with Gasteiger partial charge >= 0.3 is 0 Å². The summed E-state index contributed by atoms with van der Waals surface area (Å²) in [5.74, 6) is 0. The average Bonchev–Trinajstić information content (AvgIpc) is 3.02. The third kappa shape index (κ3) is 3.70. The van der Waals surface area contributed by atoms with Gasteiger partial charge in [0.25, 0.3) is 10.0 Å². The molecule has 3 rings (SSSR count). The van der Waals surface area contributed by atoms with Gasteiger partial charge in [-0.05, 0) is 42.3 Å². The number of nitrogens with one attached hydrogen (secondary N) is 1. The Kier molecular flexibility index (Phi) is 6.64. The molecular formula is C20H23ClN2O2S. The van der Waals surface area contributed by atoms with Crippen molar-refractivity contribution in [2.24, 2.45) is 0 Å². The fourth-order valence-electron chi connectivity index (χ4n) is 3.10. The molecule has 0 radical (unpaired) electrons. The number of halogens is 1. The molecule has 0 aliphatic heterocycles. The minimum atomic E-state index is -3.66. The Hall–Kier alpha value is -2.08. The summed E-state index contributed by atoms with van der Waals surface area (Å²) in [7, 11) is -1.79. The van der Waals surface area contributed by atoms with Gasteiger partial charge in [0.05, 0.1) is 10.6 Å². The molecule has 6 heteroatoms. The van der Waals surface area contributed by atoms with Crippen molar-refractivity contribution in [2.75, 3.05) is 7.05 Å². The van der Waals surface area contributed by atoms with Gasteiger partial charge in [0, 0.05) is 12.7 Å². The Balaban J connectivity index is 0.00000243. The molecule has 0 aliphatic rings. The summed E-state index contributed by atoms with van der Waals surface area (Å²) in [5, 5.41) is 3.13. The maximum atomic E-state index is 13.3. The van der Waals surface area contributed by atoms with Gasteiger partial charge in [-0.1, -0.05) is 55.5 Å². The van der Waals surface area contributed by atoms with E-state index in [1.165, 1.54) is 3.97 Å². The Morgan fingerprint density at radius 1 is 0.962 bits per heavy atom. The largest absolute Gasteiger partial charge is 0.316 e. The van der Waals surface area contributed by atoms with Crippen molar-refractivity contribution in [2.45, 2.75) is 24.8 Å². The van der Waals surface area contributed by atoms with Crippen LogP contribution in [0.15, 0.2) is 71.8 Å². The molecule has 26 heavy (non-hydrogen) atoms. The highest BCUT2D eigenvalue weighted by atomic mass is 35.5. The standard InChI is InChI=1S/C20H22N2O2S.ClH/c1-3-19-17(14-21-2)15-22(20(19)16-10-6-4-7-11-16)25(23,24)18-12-8-5-9-13-18;/h4-13,15,21H,3,14H2,1-2H3;1H. The highest BCUT2D eigenvalue weighted by Gasteiger charge is 2.25. The molecule has 4 nitrogen and oxygen atoms in total. The number of nitrogens with zero attached hydrogens (tertiary/aromatic N) is 1. The van der Waals surface area contributed by atoms with Crippen molar-refractivity contribution < 1.29 is 8.42 Å². The fraction of sp³-hybridized carbons (Fsp3) is 0.200. The fourth-order valence-corrected chi connectivity index (χ4v) is 4.55. The van der Waals surface area contributed by atoms with E-state index in [-0.39, 0.29) is 12.4 Å². The molecule has 2 aromatic carbocycles. The van der Waals surface area contributed by atoms with E-state index in [0.29, 0.717) is 11.4 Å². The van der Waals surface area contributed by atoms with Gasteiger partial charge in [0.15, 0.2) is 0 Å². The molecule has 0 spiro atoms. The first-order valence-electron chi connectivity index (χ1n) is 8.33. The summed E-state index contributed by atoms with van der Waals surface area (Å²) in [4.78, 5) is 0.292. The summed E-state index contributed by atoms with van der Waals surface area (Å²) >= 11 is 0. The first kappa shape index (κ1) is 20.2. The Morgan fingerprint density at radius 2 is 1.54 bits per heavy atom. The molecule has 1 aromatic heterocycles. The van der Waals surface area contributed by atoms with Crippen molar-refractivity contribution in [3.05, 3.63) is 78.0 Å². The number of hydrogen-bond acceptors (Lipinski definition) is 3. The molecule has 0 atom stereocenters. The first-order valence-corrected chi connectivity index (χ1v) is 9.77. The van der Waals surface area contributed by atoms with E-state index in [0.717, 1.165) is 28.8 Å². The summed E-state index contributed by atoms with van der Waals surface area (Å²) in [6.07, 6.45) is 2.51. The van der Waals surface area contributed by atoms with E-state index in [9.17, 15) is 8.42 Å². The highest BCUT2D eigenvalue weighted by molar-refractivity contribution is 7.90. The number of hydrogen-bond donors (Lipinski definition) is 1. The van der Waals surface area contributed by atoms with Crippen molar-refractivity contribution in [1.82, 2.24) is 9.29 Å². The minimum absolute atomic E-state index is 0. The third-order valence-electron chi connectivity index (χ3n) is 4.23. The van der Waals surface area contributed by atoms with Crippen LogP contribution in [0.4, 0.5) is 0 Å². The van der Waals surface area contributed by atoms with Crippen LogP contribution in [0.5, 0.6) is 0 Å². The molecule has 3 aromatic rings. The van der Waals surface area contributed by atoms with Crippen LogP contribution >= 0.6 is 12.4 Å². The zero-order valence-electron chi connectivity index (χ0n) is 14.8. The van der Waals surface area contributed by atoms with E-state index >= 15 is 0 Å². The normalized spacial score (nSPS) is 11.2. The number of benzene rings is 2. The van der Waals surface area contributed by atoms with Gasteiger partial charge in [-0.2, -0.15) is 0 Å². The van der Waals surface area contributed by atoms with Crippen molar-refractivity contribution in [1.29, 1.82) is 0 Å². The van der Waals surface area contributed by atoms with E-state index in [1.54, 1.807) is 30.5 Å². The van der Waals surface area contributed by atoms with Gasteiger partial charge in [-0.25, -0.2) is 12.4 Å². The summed E-state index contributed by atoms with van der Waals surface area (Å²) in [6.45, 7) is 2.68. The van der Waals surface area contributed by atoms with Crippen LogP contribution in [-0.2, 0) is 23.0 Å². The summed E-state index contributed by atoms with van der Waals surface area (Å²) in [6, 6.07) is 18.3. The lowest BCUT2D eigenvalue weighted by molar-refractivity contribution is 0.588. The number of aromatic nitrogens is 1. The van der Waals surface area contributed by atoms with Crippen molar-refractivity contribution >= 4 is 22.4 Å². The third-order valence-corrected chi connectivity index (χ3v) is 5.91. The monoisotopic (exact) mass is 390 g/mol. The van der Waals surface area contributed by atoms with Crippen LogP contribution in [-0.4, -0.2) is 19.4 Å². The van der Waals surface area contributed by atoms with Crippen LogP contribution in [0.2, 0.25) is 0 Å². The molecule has 1 heterocycles. The van der Waals surface area contributed by atoms with E-state index in [2.05, 4.69) is 12.2 Å². The lowest BCUT2D eigenvalue weighted by atomic mass is 10.0. The molecule has 0 saturated heterocycles. The molecule has 1 N–H and O–H groups in total. The lowest BCUT2D eigenvalue weighted by Crippen LogP contribution is -2.13. The highest BCUT2D eigenvalue weighted by Crippen LogP contribution is 2.32. The molecule has 138 valence electrons. The van der Waals surface area contributed by atoms with Gasteiger partial charge < -0.3 is 5.32 Å².